The summed E-state index contributed by atoms with van der Waals surface area (Å²) >= 11 is 5.82. The number of amides is 1. The summed E-state index contributed by atoms with van der Waals surface area (Å²) < 4.78 is 0. The average molecular weight is 295 g/mol. The summed E-state index contributed by atoms with van der Waals surface area (Å²) in [5.41, 5.74) is 0.878. The summed E-state index contributed by atoms with van der Waals surface area (Å²) in [5.74, 6) is 0.615. The first-order valence-electron chi connectivity index (χ1n) is 7.40. The van der Waals surface area contributed by atoms with Crippen molar-refractivity contribution >= 4 is 17.5 Å². The minimum atomic E-state index is -0.0515. The summed E-state index contributed by atoms with van der Waals surface area (Å²) in [6, 6.07) is 3.31. The van der Waals surface area contributed by atoms with Gasteiger partial charge in [0.15, 0.2) is 0 Å². The maximum Gasteiger partial charge on any atom is 0.251 e. The molecule has 1 aromatic rings. The Bertz CT molecular complexity index is 467. The molecule has 1 aliphatic carbocycles. The molecule has 0 bridgehead atoms. The van der Waals surface area contributed by atoms with Crippen molar-refractivity contribution in [3.8, 4) is 0 Å². The number of aromatic nitrogens is 1. The van der Waals surface area contributed by atoms with Crippen LogP contribution in [0.4, 0.5) is 0 Å². The Balaban J connectivity index is 1.97. The second kappa shape index (κ2) is 6.57. The fourth-order valence-electron chi connectivity index (χ4n) is 3.36. The van der Waals surface area contributed by atoms with Crippen LogP contribution >= 0.6 is 11.6 Å². The fraction of sp³-hybridized carbons (Fsp3) is 0.625. The van der Waals surface area contributed by atoms with E-state index in [1.807, 2.05) is 0 Å². The fourth-order valence-corrected chi connectivity index (χ4v) is 3.53. The van der Waals surface area contributed by atoms with E-state index in [4.69, 9.17) is 11.6 Å². The Morgan fingerprint density at radius 1 is 1.45 bits per heavy atom. The van der Waals surface area contributed by atoms with E-state index in [0.717, 1.165) is 6.54 Å². The van der Waals surface area contributed by atoms with Crippen molar-refractivity contribution in [2.45, 2.75) is 46.0 Å². The van der Waals surface area contributed by atoms with Crippen LogP contribution in [-0.4, -0.2) is 17.4 Å². The van der Waals surface area contributed by atoms with Gasteiger partial charge in [-0.25, -0.2) is 4.98 Å². The number of carbonyl (C=O) groups excluding carboxylic acids is 1. The molecule has 1 saturated carbocycles. The van der Waals surface area contributed by atoms with E-state index in [2.05, 4.69) is 24.1 Å². The molecule has 0 saturated heterocycles. The molecule has 0 spiro atoms. The monoisotopic (exact) mass is 294 g/mol. The highest BCUT2D eigenvalue weighted by molar-refractivity contribution is 6.29. The Labute approximate surface area is 126 Å². The van der Waals surface area contributed by atoms with Crippen LogP contribution in [0.2, 0.25) is 5.15 Å². The molecule has 0 aliphatic heterocycles. The SMILES string of the molecule is CC(C)CC1(CNC(=O)c2ccnc(Cl)c2)CCCC1. The van der Waals surface area contributed by atoms with Gasteiger partial charge in [0.25, 0.3) is 5.91 Å². The molecule has 1 aliphatic rings. The lowest BCUT2D eigenvalue weighted by molar-refractivity contribution is 0.0921. The van der Waals surface area contributed by atoms with E-state index in [9.17, 15) is 4.79 Å². The van der Waals surface area contributed by atoms with Crippen molar-refractivity contribution in [2.75, 3.05) is 6.54 Å². The maximum absolute atomic E-state index is 12.2. The smallest absolute Gasteiger partial charge is 0.251 e. The van der Waals surface area contributed by atoms with Gasteiger partial charge >= 0.3 is 0 Å². The summed E-state index contributed by atoms with van der Waals surface area (Å²) in [4.78, 5) is 16.1. The Morgan fingerprint density at radius 2 is 2.15 bits per heavy atom. The lowest BCUT2D eigenvalue weighted by Gasteiger charge is -2.31. The van der Waals surface area contributed by atoms with Crippen molar-refractivity contribution in [2.24, 2.45) is 11.3 Å². The number of rotatable bonds is 5. The molecule has 4 heteroatoms. The Hall–Kier alpha value is -1.09. The normalized spacial score (nSPS) is 17.4. The average Bonchev–Trinajstić information content (AvgIpc) is 2.84. The Morgan fingerprint density at radius 3 is 2.75 bits per heavy atom. The van der Waals surface area contributed by atoms with Crippen LogP contribution in [0.3, 0.4) is 0 Å². The number of hydrogen-bond donors (Lipinski definition) is 1. The summed E-state index contributed by atoms with van der Waals surface area (Å²) in [6.07, 6.45) is 7.76. The van der Waals surface area contributed by atoms with Crippen LogP contribution in [0.1, 0.15) is 56.3 Å². The predicted molar refractivity (Wildman–Crippen MR) is 81.9 cm³/mol. The highest BCUT2D eigenvalue weighted by atomic mass is 35.5. The first-order valence-corrected chi connectivity index (χ1v) is 7.78. The Kier molecular flexibility index (Phi) is 5.03. The van der Waals surface area contributed by atoms with E-state index in [1.165, 1.54) is 32.1 Å². The van der Waals surface area contributed by atoms with Crippen molar-refractivity contribution in [1.82, 2.24) is 10.3 Å². The third-order valence-electron chi connectivity index (χ3n) is 4.12. The minimum Gasteiger partial charge on any atom is -0.351 e. The molecule has 1 aromatic heterocycles. The van der Waals surface area contributed by atoms with E-state index in [0.29, 0.717) is 22.0 Å². The zero-order valence-corrected chi connectivity index (χ0v) is 13.0. The van der Waals surface area contributed by atoms with E-state index < -0.39 is 0 Å². The van der Waals surface area contributed by atoms with Crippen LogP contribution < -0.4 is 5.32 Å². The quantitative estimate of drug-likeness (QED) is 0.832. The second-order valence-corrected chi connectivity index (χ2v) is 6.74. The second-order valence-electron chi connectivity index (χ2n) is 6.35. The molecular weight excluding hydrogens is 272 g/mol. The van der Waals surface area contributed by atoms with Gasteiger partial charge in [-0.1, -0.05) is 38.3 Å². The summed E-state index contributed by atoms with van der Waals surface area (Å²) in [7, 11) is 0. The number of nitrogens with zero attached hydrogens (tertiary/aromatic N) is 1. The van der Waals surface area contributed by atoms with Gasteiger partial charge in [-0.15, -0.1) is 0 Å². The van der Waals surface area contributed by atoms with Gasteiger partial charge in [0, 0.05) is 18.3 Å². The van der Waals surface area contributed by atoms with Crippen molar-refractivity contribution < 1.29 is 4.79 Å². The lowest BCUT2D eigenvalue weighted by atomic mass is 9.78. The van der Waals surface area contributed by atoms with Crippen molar-refractivity contribution in [3.63, 3.8) is 0 Å². The standard InChI is InChI=1S/C16H23ClN2O/c1-12(2)10-16(6-3-4-7-16)11-19-15(20)13-5-8-18-14(17)9-13/h5,8-9,12H,3-4,6-7,10-11H2,1-2H3,(H,19,20). The van der Waals surface area contributed by atoms with Crippen LogP contribution in [0.25, 0.3) is 0 Å². The molecule has 0 aromatic carbocycles. The third-order valence-corrected chi connectivity index (χ3v) is 4.32. The molecule has 0 atom stereocenters. The van der Waals surface area contributed by atoms with Gasteiger partial charge in [-0.2, -0.15) is 0 Å². The first-order chi connectivity index (χ1) is 9.51. The summed E-state index contributed by atoms with van der Waals surface area (Å²) in [6.45, 7) is 5.28. The van der Waals surface area contributed by atoms with Gasteiger partial charge in [-0.3, -0.25) is 4.79 Å². The van der Waals surface area contributed by atoms with E-state index in [-0.39, 0.29) is 5.91 Å². The number of hydrogen-bond acceptors (Lipinski definition) is 2. The number of nitrogens with one attached hydrogen (secondary N) is 1. The zero-order valence-electron chi connectivity index (χ0n) is 12.3. The highest BCUT2D eigenvalue weighted by Crippen LogP contribution is 2.42. The van der Waals surface area contributed by atoms with Crippen molar-refractivity contribution in [3.05, 3.63) is 29.0 Å². The number of carbonyl (C=O) groups is 1. The largest absolute Gasteiger partial charge is 0.351 e. The summed E-state index contributed by atoms with van der Waals surface area (Å²) in [5, 5.41) is 3.45. The lowest BCUT2D eigenvalue weighted by Crippen LogP contribution is -2.36. The molecule has 1 heterocycles. The minimum absolute atomic E-state index is 0.0515. The molecule has 0 radical (unpaired) electrons. The molecule has 20 heavy (non-hydrogen) atoms. The van der Waals surface area contributed by atoms with Gasteiger partial charge in [0.2, 0.25) is 0 Å². The first kappa shape index (κ1) is 15.3. The molecule has 1 amide bonds. The van der Waals surface area contributed by atoms with Crippen molar-refractivity contribution in [1.29, 1.82) is 0 Å². The van der Waals surface area contributed by atoms with Gasteiger partial charge in [-0.05, 0) is 42.7 Å². The van der Waals surface area contributed by atoms with Crippen LogP contribution in [0.15, 0.2) is 18.3 Å². The predicted octanol–water partition coefficient (Wildman–Crippen LogP) is 4.07. The highest BCUT2D eigenvalue weighted by Gasteiger charge is 2.34. The van der Waals surface area contributed by atoms with E-state index in [1.54, 1.807) is 18.3 Å². The number of halogens is 1. The maximum atomic E-state index is 12.2. The molecule has 0 unspecified atom stereocenters. The molecular formula is C16H23ClN2O. The number of pyridine rings is 1. The third kappa shape index (κ3) is 3.95. The van der Waals surface area contributed by atoms with Gasteiger partial charge in [0.1, 0.15) is 5.15 Å². The molecule has 1 fully saturated rings. The van der Waals surface area contributed by atoms with Crippen LogP contribution in [-0.2, 0) is 0 Å². The zero-order chi connectivity index (χ0) is 14.6. The van der Waals surface area contributed by atoms with Gasteiger partial charge < -0.3 is 5.32 Å². The van der Waals surface area contributed by atoms with E-state index >= 15 is 0 Å². The molecule has 3 nitrogen and oxygen atoms in total. The topological polar surface area (TPSA) is 42.0 Å². The molecule has 110 valence electrons. The molecule has 2 rings (SSSR count). The van der Waals surface area contributed by atoms with Crippen LogP contribution in [0.5, 0.6) is 0 Å². The van der Waals surface area contributed by atoms with Crippen LogP contribution in [0, 0.1) is 11.3 Å². The molecule has 1 N–H and O–H groups in total. The van der Waals surface area contributed by atoms with Gasteiger partial charge in [0.05, 0.1) is 0 Å².